The number of rotatable bonds is 4. The molecule has 2 fully saturated rings. The Morgan fingerprint density at radius 3 is 2.62 bits per heavy atom. The summed E-state index contributed by atoms with van der Waals surface area (Å²) in [5.41, 5.74) is 0.733. The van der Waals surface area contributed by atoms with Gasteiger partial charge in [0.15, 0.2) is 0 Å². The third-order valence-electron chi connectivity index (χ3n) is 4.87. The van der Waals surface area contributed by atoms with Crippen molar-refractivity contribution in [3.05, 3.63) is 29.3 Å². The van der Waals surface area contributed by atoms with Crippen molar-refractivity contribution in [1.82, 2.24) is 5.32 Å². The second kappa shape index (κ2) is 7.09. The molecule has 0 unspecified atom stereocenters. The molecule has 2 aliphatic rings. The van der Waals surface area contributed by atoms with Crippen molar-refractivity contribution in [2.75, 3.05) is 18.1 Å². The number of aliphatic hydroxyl groups is 2. The molecule has 24 heavy (non-hydrogen) atoms. The van der Waals surface area contributed by atoms with Gasteiger partial charge in [0.05, 0.1) is 12.0 Å². The molecule has 2 amide bonds. The molecule has 0 bridgehead atoms. The Morgan fingerprint density at radius 2 is 2.00 bits per heavy atom. The zero-order valence-electron chi connectivity index (χ0n) is 13.2. The average Bonchev–Trinajstić information content (AvgIpc) is 3.11. The molecule has 1 aliphatic carbocycles. The number of hydrogen-bond acceptors (Lipinski definition) is 4. The van der Waals surface area contributed by atoms with Gasteiger partial charge in [-0.25, -0.2) is 0 Å². The molecular formula is C17H21ClN2O4. The van der Waals surface area contributed by atoms with E-state index >= 15 is 0 Å². The number of nitrogens with zero attached hydrogens (tertiary/aromatic N) is 1. The highest BCUT2D eigenvalue weighted by Crippen LogP contribution is 2.29. The Kier molecular flexibility index (Phi) is 5.08. The number of aliphatic hydroxyl groups excluding tert-OH is 2. The van der Waals surface area contributed by atoms with Crippen LogP contribution in [0.5, 0.6) is 0 Å². The largest absolute Gasteiger partial charge is 0.396 e. The second-order valence-electron chi connectivity index (χ2n) is 6.57. The molecule has 0 radical (unpaired) electrons. The van der Waals surface area contributed by atoms with Crippen LogP contribution in [-0.2, 0) is 9.59 Å². The number of carbonyl (C=O) groups is 2. The Bertz CT molecular complexity index is 622. The summed E-state index contributed by atoms with van der Waals surface area (Å²) in [5, 5.41) is 22.5. The van der Waals surface area contributed by atoms with Crippen LogP contribution in [-0.4, -0.2) is 47.3 Å². The zero-order valence-corrected chi connectivity index (χ0v) is 13.9. The molecule has 1 saturated carbocycles. The minimum atomic E-state index is -0.587. The van der Waals surface area contributed by atoms with Gasteiger partial charge in [-0.1, -0.05) is 11.6 Å². The van der Waals surface area contributed by atoms with Crippen molar-refractivity contribution in [3.63, 3.8) is 0 Å². The van der Waals surface area contributed by atoms with E-state index in [1.165, 1.54) is 0 Å². The molecule has 1 aliphatic heterocycles. The maximum atomic E-state index is 12.4. The third-order valence-corrected chi connectivity index (χ3v) is 5.12. The number of halogens is 1. The lowest BCUT2D eigenvalue weighted by Gasteiger charge is -2.18. The zero-order chi connectivity index (χ0) is 17.3. The van der Waals surface area contributed by atoms with E-state index in [4.69, 9.17) is 11.6 Å². The van der Waals surface area contributed by atoms with E-state index < -0.39 is 12.0 Å². The summed E-state index contributed by atoms with van der Waals surface area (Å²) in [6.45, 7) is 0.255. The number of nitrogens with one attached hydrogen (secondary N) is 1. The van der Waals surface area contributed by atoms with Crippen LogP contribution >= 0.6 is 11.6 Å². The van der Waals surface area contributed by atoms with Crippen molar-refractivity contribution < 1.29 is 19.8 Å². The molecule has 3 rings (SSSR count). The minimum absolute atomic E-state index is 0.0835. The molecule has 0 spiro atoms. The molecule has 1 aromatic rings. The Hall–Kier alpha value is -1.63. The first kappa shape index (κ1) is 17.2. The van der Waals surface area contributed by atoms with Gasteiger partial charge in [0.1, 0.15) is 0 Å². The standard InChI is InChI=1S/C17H21ClN2O4/c18-12-1-3-14(4-2-12)20-8-10(6-16(20)23)17(24)19-13-5-11(9-21)15(22)7-13/h1-4,10-11,13,15,21-22H,5-9H2,(H,19,24)/t10-,11-,13-,15-/m1/s1. The second-order valence-corrected chi connectivity index (χ2v) is 7.01. The highest BCUT2D eigenvalue weighted by atomic mass is 35.5. The van der Waals surface area contributed by atoms with Crippen molar-refractivity contribution in [2.24, 2.45) is 11.8 Å². The van der Waals surface area contributed by atoms with Gasteiger partial charge >= 0.3 is 0 Å². The summed E-state index contributed by atoms with van der Waals surface area (Å²) in [6, 6.07) is 6.81. The smallest absolute Gasteiger partial charge is 0.227 e. The van der Waals surface area contributed by atoms with E-state index in [1.807, 2.05) is 0 Å². The quantitative estimate of drug-likeness (QED) is 0.752. The predicted molar refractivity (Wildman–Crippen MR) is 89.7 cm³/mol. The normalized spacial score (nSPS) is 30.0. The summed E-state index contributed by atoms with van der Waals surface area (Å²) >= 11 is 5.86. The van der Waals surface area contributed by atoms with Gasteiger partial charge in [-0.3, -0.25) is 9.59 Å². The van der Waals surface area contributed by atoms with Crippen LogP contribution in [0.4, 0.5) is 5.69 Å². The van der Waals surface area contributed by atoms with Crippen LogP contribution in [0.3, 0.4) is 0 Å². The lowest BCUT2D eigenvalue weighted by Crippen LogP contribution is -2.39. The molecule has 130 valence electrons. The van der Waals surface area contributed by atoms with Crippen LogP contribution < -0.4 is 10.2 Å². The van der Waals surface area contributed by atoms with Crippen molar-refractivity contribution >= 4 is 29.1 Å². The number of benzene rings is 1. The molecule has 1 heterocycles. The van der Waals surface area contributed by atoms with Crippen LogP contribution in [0.25, 0.3) is 0 Å². The van der Waals surface area contributed by atoms with E-state index in [2.05, 4.69) is 5.32 Å². The van der Waals surface area contributed by atoms with E-state index in [9.17, 15) is 19.8 Å². The first-order valence-electron chi connectivity index (χ1n) is 8.13. The van der Waals surface area contributed by atoms with E-state index in [0.29, 0.717) is 24.4 Å². The molecule has 6 nitrogen and oxygen atoms in total. The fourth-order valence-electron chi connectivity index (χ4n) is 3.49. The van der Waals surface area contributed by atoms with Crippen molar-refractivity contribution in [1.29, 1.82) is 0 Å². The monoisotopic (exact) mass is 352 g/mol. The number of amides is 2. The van der Waals surface area contributed by atoms with Crippen LogP contribution in [0.2, 0.25) is 5.02 Å². The van der Waals surface area contributed by atoms with Gasteiger partial charge in [0, 0.05) is 42.2 Å². The van der Waals surface area contributed by atoms with Gasteiger partial charge in [0.25, 0.3) is 0 Å². The summed E-state index contributed by atoms with van der Waals surface area (Å²) in [4.78, 5) is 26.2. The first-order chi connectivity index (χ1) is 11.5. The van der Waals surface area contributed by atoms with Crippen LogP contribution in [0.15, 0.2) is 24.3 Å². The van der Waals surface area contributed by atoms with E-state index in [-0.39, 0.29) is 36.8 Å². The van der Waals surface area contributed by atoms with Gasteiger partial charge in [-0.15, -0.1) is 0 Å². The molecule has 1 aromatic carbocycles. The van der Waals surface area contributed by atoms with Gasteiger partial charge in [-0.05, 0) is 37.1 Å². The van der Waals surface area contributed by atoms with Crippen molar-refractivity contribution in [2.45, 2.75) is 31.4 Å². The number of anilines is 1. The molecule has 7 heteroatoms. The van der Waals surface area contributed by atoms with Crippen molar-refractivity contribution in [3.8, 4) is 0 Å². The molecule has 0 aromatic heterocycles. The SMILES string of the molecule is O=C(N[C@@H]1C[C@H](CO)[C@H](O)C1)[C@@H]1CC(=O)N(c2ccc(Cl)cc2)C1. The molecule has 1 saturated heterocycles. The summed E-state index contributed by atoms with van der Waals surface area (Å²) < 4.78 is 0. The highest BCUT2D eigenvalue weighted by molar-refractivity contribution is 6.30. The summed E-state index contributed by atoms with van der Waals surface area (Å²) in [5.74, 6) is -0.850. The van der Waals surface area contributed by atoms with Gasteiger partial charge < -0.3 is 20.4 Å². The van der Waals surface area contributed by atoms with Gasteiger partial charge in [-0.2, -0.15) is 0 Å². The molecule has 3 N–H and O–H groups in total. The highest BCUT2D eigenvalue weighted by Gasteiger charge is 2.38. The van der Waals surface area contributed by atoms with Gasteiger partial charge in [0.2, 0.25) is 11.8 Å². The van der Waals surface area contributed by atoms with Crippen LogP contribution in [0.1, 0.15) is 19.3 Å². The predicted octanol–water partition coefficient (Wildman–Crippen LogP) is 0.941. The summed E-state index contributed by atoms with van der Waals surface area (Å²) in [7, 11) is 0. The Labute approximate surface area is 145 Å². The van der Waals surface area contributed by atoms with E-state index in [1.54, 1.807) is 29.2 Å². The average molecular weight is 353 g/mol. The Balaban J connectivity index is 1.59. The first-order valence-corrected chi connectivity index (χ1v) is 8.51. The topological polar surface area (TPSA) is 89.9 Å². The minimum Gasteiger partial charge on any atom is -0.396 e. The third kappa shape index (κ3) is 3.55. The lowest BCUT2D eigenvalue weighted by molar-refractivity contribution is -0.126. The number of carbonyl (C=O) groups excluding carboxylic acids is 2. The lowest BCUT2D eigenvalue weighted by atomic mass is 10.1. The van der Waals surface area contributed by atoms with Crippen LogP contribution in [0, 0.1) is 11.8 Å². The molecular weight excluding hydrogens is 332 g/mol. The molecule has 4 atom stereocenters. The fraction of sp³-hybridized carbons (Fsp3) is 0.529. The fourth-order valence-corrected chi connectivity index (χ4v) is 3.62. The summed E-state index contributed by atoms with van der Waals surface area (Å²) in [6.07, 6.45) is 0.590. The maximum Gasteiger partial charge on any atom is 0.227 e. The maximum absolute atomic E-state index is 12.4. The Morgan fingerprint density at radius 1 is 1.29 bits per heavy atom. The number of hydrogen-bond donors (Lipinski definition) is 3. The van der Waals surface area contributed by atoms with E-state index in [0.717, 1.165) is 5.69 Å².